The number of hydrogen-bond acceptors (Lipinski definition) is 5. The van der Waals surface area contributed by atoms with Gasteiger partial charge in [-0.1, -0.05) is 0 Å². The van der Waals surface area contributed by atoms with Crippen molar-refractivity contribution in [2.45, 2.75) is 70.7 Å². The van der Waals surface area contributed by atoms with Crippen LogP contribution in [-0.2, 0) is 19.1 Å². The summed E-state index contributed by atoms with van der Waals surface area (Å²) in [6.45, 7) is 4.97. The molecule has 0 saturated heterocycles. The molecule has 1 aromatic carbocycles. The Kier molecular flexibility index (Phi) is 6.32. The van der Waals surface area contributed by atoms with Gasteiger partial charge in [0, 0.05) is 36.8 Å². The molecule has 7 heteroatoms. The first-order valence-corrected chi connectivity index (χ1v) is 11.6. The van der Waals surface area contributed by atoms with Crippen LogP contribution in [0.3, 0.4) is 0 Å². The second kappa shape index (κ2) is 8.81. The normalized spacial score (nSPS) is 23.3. The van der Waals surface area contributed by atoms with Crippen molar-refractivity contribution < 1.29 is 23.8 Å². The predicted molar refractivity (Wildman–Crippen MR) is 116 cm³/mol. The van der Waals surface area contributed by atoms with Crippen LogP contribution in [0.5, 0.6) is 5.75 Å². The third kappa shape index (κ3) is 3.72. The van der Waals surface area contributed by atoms with Gasteiger partial charge in [0.2, 0.25) is 5.79 Å². The molecule has 0 N–H and O–H groups in total. The Morgan fingerprint density at radius 3 is 2.27 bits per heavy atom. The maximum atomic E-state index is 12.9. The molecule has 1 fully saturated rings. The van der Waals surface area contributed by atoms with Crippen LogP contribution in [0.25, 0.3) is 0 Å². The van der Waals surface area contributed by atoms with E-state index in [1.165, 1.54) is 4.90 Å². The molecule has 1 heterocycles. The van der Waals surface area contributed by atoms with Crippen molar-refractivity contribution in [1.29, 1.82) is 0 Å². The van der Waals surface area contributed by atoms with Crippen molar-refractivity contribution in [1.82, 2.24) is 0 Å². The molecule has 2 amide bonds. The van der Waals surface area contributed by atoms with Crippen molar-refractivity contribution in [2.75, 3.05) is 18.1 Å². The van der Waals surface area contributed by atoms with Gasteiger partial charge in [0.05, 0.1) is 10.2 Å². The Morgan fingerprint density at radius 1 is 1.03 bits per heavy atom. The maximum Gasteiger partial charge on any atom is 0.261 e. The first-order chi connectivity index (χ1) is 14.5. The summed E-state index contributed by atoms with van der Waals surface area (Å²) in [5.41, 5.74) is 1.90. The second-order valence-corrected chi connectivity index (χ2v) is 8.76. The number of halogens is 1. The number of imide groups is 1. The van der Waals surface area contributed by atoms with E-state index in [0.29, 0.717) is 48.6 Å². The largest absolute Gasteiger partial charge is 0.484 e. The molecule has 3 aliphatic rings. The SMILES string of the molecule is CCOC1(OCC)CCCC1Oc1cc(N2C(=O)C3=C(CCCC3)C2=O)ccc1Br. The molecular formula is C23H28BrNO5. The van der Waals surface area contributed by atoms with Gasteiger partial charge in [0.15, 0.2) is 6.10 Å². The Labute approximate surface area is 185 Å². The van der Waals surface area contributed by atoms with E-state index in [2.05, 4.69) is 15.9 Å². The van der Waals surface area contributed by atoms with Gasteiger partial charge >= 0.3 is 0 Å². The lowest BCUT2D eigenvalue weighted by molar-refractivity contribution is -0.262. The molecule has 162 valence electrons. The summed E-state index contributed by atoms with van der Waals surface area (Å²) in [5.74, 6) is -0.573. The number of hydrogen-bond donors (Lipinski definition) is 0. The van der Waals surface area contributed by atoms with Crippen molar-refractivity contribution >= 4 is 33.4 Å². The number of amides is 2. The predicted octanol–water partition coefficient (Wildman–Crippen LogP) is 4.89. The third-order valence-corrected chi connectivity index (χ3v) is 6.75. The standard InChI is InChI=1S/C23H28BrNO5/c1-3-28-23(29-4-2)13-7-10-20(23)30-19-14-15(11-12-18(19)24)25-21(26)16-8-5-6-9-17(16)22(25)27/h11-12,14,20H,3-10,13H2,1-2H3. The van der Waals surface area contributed by atoms with Crippen molar-refractivity contribution in [3.8, 4) is 5.75 Å². The Hall–Kier alpha value is -1.70. The average Bonchev–Trinajstić information content (AvgIpc) is 3.23. The molecule has 4 rings (SSSR count). The number of rotatable bonds is 7. The summed E-state index contributed by atoms with van der Waals surface area (Å²) in [4.78, 5) is 27.1. The summed E-state index contributed by atoms with van der Waals surface area (Å²) < 4.78 is 19.1. The highest BCUT2D eigenvalue weighted by atomic mass is 79.9. The molecule has 0 bridgehead atoms. The lowest BCUT2D eigenvalue weighted by Crippen LogP contribution is -2.46. The Balaban J connectivity index is 1.60. The van der Waals surface area contributed by atoms with Crippen LogP contribution in [0.2, 0.25) is 0 Å². The molecule has 1 unspecified atom stereocenters. The van der Waals surface area contributed by atoms with Crippen LogP contribution in [0.1, 0.15) is 58.8 Å². The van der Waals surface area contributed by atoms with Gasteiger partial charge < -0.3 is 14.2 Å². The molecule has 6 nitrogen and oxygen atoms in total. The van der Waals surface area contributed by atoms with E-state index >= 15 is 0 Å². The van der Waals surface area contributed by atoms with E-state index in [4.69, 9.17) is 14.2 Å². The molecular weight excluding hydrogens is 450 g/mol. The van der Waals surface area contributed by atoms with Gasteiger partial charge in [-0.25, -0.2) is 4.90 Å². The average molecular weight is 478 g/mol. The van der Waals surface area contributed by atoms with Gasteiger partial charge in [0.25, 0.3) is 11.8 Å². The zero-order chi connectivity index (χ0) is 21.3. The number of anilines is 1. The summed E-state index contributed by atoms with van der Waals surface area (Å²) in [5, 5.41) is 0. The fourth-order valence-electron chi connectivity index (χ4n) is 4.77. The summed E-state index contributed by atoms with van der Waals surface area (Å²) in [7, 11) is 0. The first kappa shape index (κ1) is 21.5. The van der Waals surface area contributed by atoms with Gasteiger partial charge in [-0.2, -0.15) is 0 Å². The minimum atomic E-state index is -0.765. The van der Waals surface area contributed by atoms with Crippen LogP contribution in [0, 0.1) is 0 Å². The van der Waals surface area contributed by atoms with E-state index in [1.54, 1.807) is 12.1 Å². The molecule has 1 aromatic rings. The third-order valence-electron chi connectivity index (χ3n) is 6.09. The molecule has 0 aromatic heterocycles. The van der Waals surface area contributed by atoms with Crippen molar-refractivity contribution in [3.63, 3.8) is 0 Å². The smallest absolute Gasteiger partial charge is 0.261 e. The van der Waals surface area contributed by atoms with Crippen LogP contribution in [0.4, 0.5) is 5.69 Å². The fraction of sp³-hybridized carbons (Fsp3) is 0.565. The van der Waals surface area contributed by atoms with E-state index in [0.717, 1.165) is 36.6 Å². The zero-order valence-electron chi connectivity index (χ0n) is 17.5. The molecule has 1 aliphatic heterocycles. The Morgan fingerprint density at radius 2 is 1.67 bits per heavy atom. The fourth-order valence-corrected chi connectivity index (χ4v) is 5.11. The van der Waals surface area contributed by atoms with E-state index in [9.17, 15) is 9.59 Å². The van der Waals surface area contributed by atoms with Gasteiger partial charge in [-0.3, -0.25) is 9.59 Å². The number of carbonyl (C=O) groups excluding carboxylic acids is 2. The summed E-state index contributed by atoms with van der Waals surface area (Å²) in [6.07, 6.45) is 5.55. The van der Waals surface area contributed by atoms with E-state index < -0.39 is 5.79 Å². The summed E-state index contributed by atoms with van der Waals surface area (Å²) >= 11 is 3.55. The highest BCUT2D eigenvalue weighted by Gasteiger charge is 2.47. The van der Waals surface area contributed by atoms with Crippen molar-refractivity contribution in [2.24, 2.45) is 0 Å². The maximum absolute atomic E-state index is 12.9. The lowest BCUT2D eigenvalue weighted by Gasteiger charge is -2.35. The number of carbonyl (C=O) groups is 2. The van der Waals surface area contributed by atoms with Gasteiger partial charge in [-0.15, -0.1) is 0 Å². The van der Waals surface area contributed by atoms with Crippen LogP contribution in [-0.4, -0.2) is 36.9 Å². The van der Waals surface area contributed by atoms with Crippen molar-refractivity contribution in [3.05, 3.63) is 33.8 Å². The number of benzene rings is 1. The molecule has 1 saturated carbocycles. The van der Waals surface area contributed by atoms with E-state index in [-0.39, 0.29) is 17.9 Å². The topological polar surface area (TPSA) is 65.1 Å². The highest BCUT2D eigenvalue weighted by Crippen LogP contribution is 2.42. The highest BCUT2D eigenvalue weighted by molar-refractivity contribution is 9.10. The molecule has 1 atom stereocenters. The zero-order valence-corrected chi connectivity index (χ0v) is 19.1. The van der Waals surface area contributed by atoms with Gasteiger partial charge in [0.1, 0.15) is 5.75 Å². The molecule has 0 spiro atoms. The van der Waals surface area contributed by atoms with E-state index in [1.807, 2.05) is 19.9 Å². The minimum Gasteiger partial charge on any atom is -0.484 e. The number of nitrogens with zero attached hydrogens (tertiary/aromatic N) is 1. The first-order valence-electron chi connectivity index (χ1n) is 10.9. The lowest BCUT2D eigenvalue weighted by atomic mass is 9.93. The Bertz CT molecular complexity index is 846. The second-order valence-electron chi connectivity index (χ2n) is 7.90. The molecule has 2 aliphatic carbocycles. The van der Waals surface area contributed by atoms with Crippen LogP contribution < -0.4 is 9.64 Å². The van der Waals surface area contributed by atoms with Crippen LogP contribution >= 0.6 is 15.9 Å². The summed E-state index contributed by atoms with van der Waals surface area (Å²) in [6, 6.07) is 5.36. The molecule has 0 radical (unpaired) electrons. The van der Waals surface area contributed by atoms with Gasteiger partial charge in [-0.05, 0) is 80.4 Å². The quantitative estimate of drug-likeness (QED) is 0.412. The number of ether oxygens (including phenoxy) is 3. The molecule has 30 heavy (non-hydrogen) atoms. The minimum absolute atomic E-state index is 0.193. The van der Waals surface area contributed by atoms with Crippen LogP contribution in [0.15, 0.2) is 33.8 Å². The monoisotopic (exact) mass is 477 g/mol.